The van der Waals surface area contributed by atoms with Crippen molar-refractivity contribution in [2.45, 2.75) is 64.4 Å². The molecule has 4 aliphatic rings. The van der Waals surface area contributed by atoms with E-state index in [-0.39, 0.29) is 23.4 Å². The van der Waals surface area contributed by atoms with Crippen LogP contribution >= 0.6 is 0 Å². The van der Waals surface area contributed by atoms with Crippen LogP contribution in [0.4, 0.5) is 0 Å². The largest absolute Gasteiger partial charge is 0.460 e. The van der Waals surface area contributed by atoms with Gasteiger partial charge in [-0.15, -0.1) is 0 Å². The van der Waals surface area contributed by atoms with Gasteiger partial charge in [0.2, 0.25) is 0 Å². The summed E-state index contributed by atoms with van der Waals surface area (Å²) in [5.74, 6) is 1.19. The van der Waals surface area contributed by atoms with Crippen molar-refractivity contribution >= 4 is 5.97 Å². The summed E-state index contributed by atoms with van der Waals surface area (Å²) < 4.78 is 5.89. The summed E-state index contributed by atoms with van der Waals surface area (Å²) >= 11 is 0. The quantitative estimate of drug-likeness (QED) is 0.615. The molecule has 0 aliphatic heterocycles. The predicted octanol–water partition coefficient (Wildman–Crippen LogP) is 5.76. The molecule has 0 heterocycles. The third-order valence-corrected chi connectivity index (χ3v) is 8.11. The van der Waals surface area contributed by atoms with Crippen LogP contribution in [0.3, 0.4) is 0 Å². The van der Waals surface area contributed by atoms with Crippen LogP contribution in [0.15, 0.2) is 42.5 Å². The molecule has 4 fully saturated rings. The number of hydrogen-bond donors (Lipinski definition) is 0. The minimum absolute atomic E-state index is 0.0439. The van der Waals surface area contributed by atoms with Gasteiger partial charge in [0.05, 0.1) is 17.0 Å². The Morgan fingerprint density at radius 1 is 1.07 bits per heavy atom. The number of nitrogens with zero attached hydrogens (tertiary/aromatic N) is 1. The number of benzene rings is 2. The maximum Gasteiger partial charge on any atom is 0.312 e. The highest BCUT2D eigenvalue weighted by Gasteiger charge is 2.61. The third-order valence-electron chi connectivity index (χ3n) is 8.11. The molecular weight excluding hydrogens is 370 g/mol. The summed E-state index contributed by atoms with van der Waals surface area (Å²) in [7, 11) is 0. The number of esters is 1. The van der Waals surface area contributed by atoms with E-state index >= 15 is 0 Å². The molecule has 0 N–H and O–H groups in total. The number of carbonyl (C=O) groups is 1. The van der Waals surface area contributed by atoms with Crippen molar-refractivity contribution in [1.29, 1.82) is 5.26 Å². The van der Waals surface area contributed by atoms with Gasteiger partial charge >= 0.3 is 5.97 Å². The molecular formula is C27H29NO2. The molecule has 3 heteroatoms. The first kappa shape index (κ1) is 19.4. The molecule has 6 rings (SSSR count). The zero-order valence-electron chi connectivity index (χ0n) is 17.9. The Labute approximate surface area is 179 Å². The zero-order valence-corrected chi connectivity index (χ0v) is 17.9. The normalized spacial score (nSPS) is 31.4. The smallest absolute Gasteiger partial charge is 0.312 e. The fraction of sp³-hybridized carbons (Fsp3) is 0.481. The van der Waals surface area contributed by atoms with Crippen molar-refractivity contribution in [2.24, 2.45) is 17.3 Å². The molecule has 0 amide bonds. The lowest BCUT2D eigenvalue weighted by molar-refractivity contribution is -0.175. The van der Waals surface area contributed by atoms with Gasteiger partial charge in [-0.25, -0.2) is 0 Å². The number of ether oxygens (including phenoxy) is 1. The maximum absolute atomic E-state index is 13.5. The van der Waals surface area contributed by atoms with E-state index in [1.54, 1.807) is 6.07 Å². The summed E-state index contributed by atoms with van der Waals surface area (Å²) in [6.07, 6.45) is 6.52. The number of carbonyl (C=O) groups excluding carboxylic acids is 1. The van der Waals surface area contributed by atoms with Crippen LogP contribution in [0.2, 0.25) is 0 Å². The van der Waals surface area contributed by atoms with Crippen molar-refractivity contribution in [3.8, 4) is 6.07 Å². The molecule has 0 aromatic heterocycles. The van der Waals surface area contributed by atoms with E-state index < -0.39 is 0 Å². The second kappa shape index (κ2) is 6.98. The van der Waals surface area contributed by atoms with Gasteiger partial charge in [-0.05, 0) is 92.4 Å². The molecule has 4 saturated carbocycles. The highest BCUT2D eigenvalue weighted by molar-refractivity contribution is 5.78. The van der Waals surface area contributed by atoms with Gasteiger partial charge in [0, 0.05) is 5.56 Å². The Hall–Kier alpha value is -2.60. The Morgan fingerprint density at radius 3 is 2.50 bits per heavy atom. The van der Waals surface area contributed by atoms with Crippen LogP contribution in [0, 0.1) is 42.4 Å². The second-order valence-corrected chi connectivity index (χ2v) is 10.2. The average Bonchev–Trinajstić information content (AvgIpc) is 2.73. The first-order chi connectivity index (χ1) is 14.4. The lowest BCUT2D eigenvalue weighted by Crippen LogP contribution is -2.57. The highest BCUT2D eigenvalue weighted by Crippen LogP contribution is 2.66. The Bertz CT molecular complexity index is 1030. The van der Waals surface area contributed by atoms with Gasteiger partial charge in [0.25, 0.3) is 0 Å². The Kier molecular flexibility index (Phi) is 4.51. The molecule has 0 radical (unpaired) electrons. The Balaban J connectivity index is 1.42. The van der Waals surface area contributed by atoms with E-state index in [9.17, 15) is 10.1 Å². The molecule has 0 saturated heterocycles. The van der Waals surface area contributed by atoms with Crippen LogP contribution in [0.5, 0.6) is 0 Å². The fourth-order valence-corrected chi connectivity index (χ4v) is 6.96. The van der Waals surface area contributed by atoms with E-state index in [4.69, 9.17) is 4.74 Å². The molecule has 154 valence electrons. The molecule has 2 atom stereocenters. The summed E-state index contributed by atoms with van der Waals surface area (Å²) in [5, 5.41) is 9.32. The van der Waals surface area contributed by atoms with Gasteiger partial charge in [0.1, 0.15) is 6.61 Å². The summed E-state index contributed by atoms with van der Waals surface area (Å²) in [6, 6.07) is 16.5. The number of hydrogen-bond acceptors (Lipinski definition) is 3. The maximum atomic E-state index is 13.5. The molecule has 2 aromatic rings. The van der Waals surface area contributed by atoms with Crippen LogP contribution in [-0.4, -0.2) is 5.97 Å². The van der Waals surface area contributed by atoms with Crippen LogP contribution in [-0.2, 0) is 21.6 Å². The minimum atomic E-state index is -0.357. The average molecular weight is 400 g/mol. The fourth-order valence-electron chi connectivity index (χ4n) is 6.96. The minimum Gasteiger partial charge on any atom is -0.460 e. The van der Waals surface area contributed by atoms with E-state index in [0.29, 0.717) is 17.4 Å². The van der Waals surface area contributed by atoms with Crippen molar-refractivity contribution in [3.05, 3.63) is 70.3 Å². The molecule has 3 nitrogen and oxygen atoms in total. The molecule has 0 unspecified atom stereocenters. The van der Waals surface area contributed by atoms with Crippen molar-refractivity contribution in [3.63, 3.8) is 0 Å². The number of rotatable bonds is 4. The van der Waals surface area contributed by atoms with Crippen molar-refractivity contribution < 1.29 is 9.53 Å². The number of nitriles is 1. The first-order valence-corrected chi connectivity index (χ1v) is 11.2. The summed E-state index contributed by atoms with van der Waals surface area (Å²) in [5.41, 5.74) is 5.23. The van der Waals surface area contributed by atoms with Gasteiger partial charge in [-0.1, -0.05) is 36.4 Å². The lowest BCUT2D eigenvalue weighted by atomic mass is 9.43. The topological polar surface area (TPSA) is 50.1 Å². The standard InChI is InChI=1S/C27H29NO2/c1-18-7-8-24(9-19(18)2)26-11-20-10-21(12-26)14-27(13-20,17-26)25(29)30-16-23-6-4-3-5-22(23)15-28/h3-9,20-21H,10-14,16-17H2,1-2H3/t20-,21-,26?,27?/m1/s1. The zero-order chi connectivity index (χ0) is 20.9. The van der Waals surface area contributed by atoms with Gasteiger partial charge in [-0.2, -0.15) is 5.26 Å². The lowest BCUT2D eigenvalue weighted by Gasteiger charge is -2.61. The second-order valence-electron chi connectivity index (χ2n) is 10.2. The monoisotopic (exact) mass is 399 g/mol. The van der Waals surface area contributed by atoms with E-state index in [1.807, 2.05) is 18.2 Å². The summed E-state index contributed by atoms with van der Waals surface area (Å²) in [4.78, 5) is 13.5. The highest BCUT2D eigenvalue weighted by atomic mass is 16.5. The number of aryl methyl sites for hydroxylation is 2. The third kappa shape index (κ3) is 3.05. The molecule has 4 bridgehead atoms. The molecule has 4 aliphatic carbocycles. The van der Waals surface area contributed by atoms with E-state index in [1.165, 1.54) is 36.0 Å². The first-order valence-electron chi connectivity index (χ1n) is 11.2. The Morgan fingerprint density at radius 2 is 1.80 bits per heavy atom. The van der Waals surface area contributed by atoms with E-state index in [2.05, 4.69) is 38.1 Å². The van der Waals surface area contributed by atoms with Crippen LogP contribution in [0.25, 0.3) is 0 Å². The molecule has 2 aromatic carbocycles. The summed E-state index contributed by atoms with van der Waals surface area (Å²) in [6.45, 7) is 4.54. The predicted molar refractivity (Wildman–Crippen MR) is 116 cm³/mol. The molecule has 30 heavy (non-hydrogen) atoms. The van der Waals surface area contributed by atoms with Crippen molar-refractivity contribution in [2.75, 3.05) is 0 Å². The molecule has 0 spiro atoms. The van der Waals surface area contributed by atoms with Crippen molar-refractivity contribution in [1.82, 2.24) is 0 Å². The van der Waals surface area contributed by atoms with Gasteiger partial charge in [-0.3, -0.25) is 4.79 Å². The van der Waals surface area contributed by atoms with Crippen LogP contribution < -0.4 is 0 Å². The van der Waals surface area contributed by atoms with E-state index in [0.717, 1.165) is 24.8 Å². The van der Waals surface area contributed by atoms with Crippen LogP contribution in [0.1, 0.15) is 66.3 Å². The van der Waals surface area contributed by atoms with Gasteiger partial charge in [0.15, 0.2) is 0 Å². The SMILES string of the molecule is Cc1ccc(C23C[C@H]4C[C@@H](CC(C(=O)OCc5ccccc5C#N)(C4)C2)C3)cc1C. The van der Waals surface area contributed by atoms with Gasteiger partial charge < -0.3 is 4.74 Å².